The number of aliphatic hydroxyl groups excluding tert-OH is 3. The molecule has 3 N–H and O–H groups in total. The lowest BCUT2D eigenvalue weighted by atomic mass is 9.89. The van der Waals surface area contributed by atoms with Crippen molar-refractivity contribution in [2.75, 3.05) is 0 Å². The number of unbranched alkanes of at least 4 members (excludes halogenated alkanes) is 1. The molecule has 0 spiro atoms. The van der Waals surface area contributed by atoms with E-state index in [-0.39, 0.29) is 23.9 Å². The van der Waals surface area contributed by atoms with Gasteiger partial charge in [-0.15, -0.1) is 11.3 Å². The molecule has 0 saturated heterocycles. The first-order chi connectivity index (χ1) is 15.3. The Morgan fingerprint density at radius 2 is 2.09 bits per heavy atom. The van der Waals surface area contributed by atoms with E-state index in [0.717, 1.165) is 11.3 Å². The lowest BCUT2D eigenvalue weighted by Gasteiger charge is -2.19. The maximum absolute atomic E-state index is 11.5. The van der Waals surface area contributed by atoms with Gasteiger partial charge in [-0.05, 0) is 64.0 Å². The summed E-state index contributed by atoms with van der Waals surface area (Å²) in [5.74, 6) is -0.501. The Hall–Kier alpha value is -1.98. The van der Waals surface area contributed by atoms with Crippen LogP contribution in [0.3, 0.4) is 0 Å². The largest absolute Gasteiger partial charge is 0.463 e. The fraction of sp³-hybridized carbons (Fsp3) is 0.600. The van der Waals surface area contributed by atoms with E-state index in [1.807, 2.05) is 38.1 Å². The Kier molecular flexibility index (Phi) is 11.1. The van der Waals surface area contributed by atoms with Crippen LogP contribution in [-0.2, 0) is 16.0 Å². The highest BCUT2D eigenvalue weighted by Crippen LogP contribution is 2.36. The first-order valence-electron chi connectivity index (χ1n) is 11.4. The number of hydrogen-bond donors (Lipinski definition) is 3. The molecule has 6 nitrogen and oxygen atoms in total. The van der Waals surface area contributed by atoms with Crippen LogP contribution in [0.2, 0.25) is 0 Å². The number of carbonyl (C=O) groups excluding carboxylic acids is 1. The van der Waals surface area contributed by atoms with Crippen LogP contribution in [0.1, 0.15) is 62.1 Å². The Morgan fingerprint density at radius 3 is 2.78 bits per heavy atom. The topological polar surface area (TPSA) is 111 Å². The number of nitriles is 1. The number of nitrogens with zero attached hydrogens (tertiary/aromatic N) is 1. The first kappa shape index (κ1) is 26.3. The second-order valence-corrected chi connectivity index (χ2v) is 9.79. The molecule has 0 bridgehead atoms. The minimum absolute atomic E-state index is 0.0936. The van der Waals surface area contributed by atoms with Gasteiger partial charge >= 0.3 is 5.97 Å². The number of hydrogen-bond acceptors (Lipinski definition) is 7. The van der Waals surface area contributed by atoms with Crippen molar-refractivity contribution in [3.05, 3.63) is 46.2 Å². The van der Waals surface area contributed by atoms with Gasteiger partial charge in [0.25, 0.3) is 0 Å². The molecule has 5 atom stereocenters. The van der Waals surface area contributed by atoms with E-state index in [4.69, 9.17) is 10.00 Å². The molecule has 0 amide bonds. The van der Waals surface area contributed by atoms with E-state index in [1.165, 1.54) is 11.3 Å². The molecule has 0 unspecified atom stereocenters. The molecule has 1 aromatic heterocycles. The van der Waals surface area contributed by atoms with Crippen LogP contribution in [0.5, 0.6) is 0 Å². The van der Waals surface area contributed by atoms with Crippen molar-refractivity contribution in [2.24, 2.45) is 11.8 Å². The maximum atomic E-state index is 11.5. The first-order valence-corrected chi connectivity index (χ1v) is 12.2. The highest BCUT2D eigenvalue weighted by atomic mass is 32.1. The molecule has 0 radical (unpaired) electrons. The van der Waals surface area contributed by atoms with Crippen LogP contribution in [0, 0.1) is 23.2 Å². The summed E-state index contributed by atoms with van der Waals surface area (Å²) in [5.41, 5.74) is 0. The highest BCUT2D eigenvalue weighted by molar-refractivity contribution is 7.12. The summed E-state index contributed by atoms with van der Waals surface area (Å²) >= 11 is 1.44. The molecule has 7 heteroatoms. The predicted octanol–water partition coefficient (Wildman–Crippen LogP) is 3.90. The monoisotopic (exact) mass is 461 g/mol. The van der Waals surface area contributed by atoms with Gasteiger partial charge in [-0.2, -0.15) is 5.26 Å². The van der Waals surface area contributed by atoms with Gasteiger partial charge in [-0.25, -0.2) is 0 Å². The van der Waals surface area contributed by atoms with Crippen molar-refractivity contribution in [3.63, 3.8) is 0 Å². The number of allylic oxidation sites excluding steroid dienone is 2. The van der Waals surface area contributed by atoms with E-state index in [1.54, 1.807) is 12.1 Å². The molecular weight excluding hydrogens is 426 g/mol. The summed E-state index contributed by atoms with van der Waals surface area (Å²) in [5, 5.41) is 39.9. The molecule has 1 saturated carbocycles. The summed E-state index contributed by atoms with van der Waals surface area (Å²) in [6, 6.07) is 5.81. The zero-order chi connectivity index (χ0) is 23.5. The van der Waals surface area contributed by atoms with Crippen molar-refractivity contribution in [3.8, 4) is 6.07 Å². The zero-order valence-electron chi connectivity index (χ0n) is 18.9. The van der Waals surface area contributed by atoms with Gasteiger partial charge in [0.1, 0.15) is 10.9 Å². The van der Waals surface area contributed by atoms with E-state index in [9.17, 15) is 20.1 Å². The summed E-state index contributed by atoms with van der Waals surface area (Å²) in [7, 11) is 0. The van der Waals surface area contributed by atoms with Crippen LogP contribution < -0.4 is 0 Å². The van der Waals surface area contributed by atoms with Gasteiger partial charge in [-0.3, -0.25) is 4.79 Å². The molecule has 176 valence electrons. The smallest absolute Gasteiger partial charge is 0.306 e. The Morgan fingerprint density at radius 1 is 1.31 bits per heavy atom. The number of thiophene rings is 1. The summed E-state index contributed by atoms with van der Waals surface area (Å²) in [4.78, 5) is 13.3. The number of ether oxygens (including phenoxy) is 1. The van der Waals surface area contributed by atoms with Crippen LogP contribution in [0.25, 0.3) is 0 Å². The lowest BCUT2D eigenvalue weighted by Crippen LogP contribution is -2.20. The van der Waals surface area contributed by atoms with Gasteiger partial charge in [0.05, 0.1) is 24.4 Å². The molecule has 32 heavy (non-hydrogen) atoms. The van der Waals surface area contributed by atoms with Crippen molar-refractivity contribution in [1.82, 2.24) is 0 Å². The molecule has 0 aliphatic heterocycles. The van der Waals surface area contributed by atoms with E-state index < -0.39 is 18.3 Å². The minimum Gasteiger partial charge on any atom is -0.463 e. The van der Waals surface area contributed by atoms with E-state index in [2.05, 4.69) is 6.07 Å². The quantitative estimate of drug-likeness (QED) is 0.247. The molecule has 1 aliphatic rings. The summed E-state index contributed by atoms with van der Waals surface area (Å²) in [6.45, 7) is 3.66. The third-order valence-electron chi connectivity index (χ3n) is 5.62. The van der Waals surface area contributed by atoms with Gasteiger partial charge in [0.2, 0.25) is 0 Å². The molecule has 2 rings (SSSR count). The SMILES string of the molecule is CC(C)OC(=O)CCC/C=C/C[C@@H]1[C@@H](/C=C/[C@@H](O)CCc2ccc(C#N)s2)[C@H](O)C[C@@H]1O. The Labute approximate surface area is 194 Å². The zero-order valence-corrected chi connectivity index (χ0v) is 19.7. The van der Waals surface area contributed by atoms with Crippen molar-refractivity contribution >= 4 is 17.3 Å². The third-order valence-corrected chi connectivity index (χ3v) is 6.67. The fourth-order valence-electron chi connectivity index (χ4n) is 3.98. The van der Waals surface area contributed by atoms with Crippen LogP contribution in [0.4, 0.5) is 0 Å². The molecule has 1 aromatic rings. The van der Waals surface area contributed by atoms with Crippen LogP contribution in [-0.4, -0.2) is 45.7 Å². The molecule has 1 aliphatic carbocycles. The standard InChI is InChI=1S/C25H35NO5S/c1-17(2)31-25(30)8-6-4-3-5-7-21-22(24(29)15-23(21)28)14-10-18(27)9-11-19-12-13-20(16-26)32-19/h3,5,10,12-14,17-18,21-24,27-29H,4,6-9,11,15H2,1-2H3/b5-3+,14-10+/t18-,21+,22+,23-,24+/m0/s1. The van der Waals surface area contributed by atoms with Crippen molar-refractivity contribution in [2.45, 2.75) is 83.2 Å². The number of aryl methyl sites for hydroxylation is 1. The van der Waals surface area contributed by atoms with Crippen LogP contribution >= 0.6 is 11.3 Å². The Bertz CT molecular complexity index is 809. The summed E-state index contributed by atoms with van der Waals surface area (Å²) < 4.78 is 5.11. The summed E-state index contributed by atoms with van der Waals surface area (Å²) in [6.07, 6.45) is 9.64. The van der Waals surface area contributed by atoms with Gasteiger partial charge in [0.15, 0.2) is 0 Å². The molecule has 0 aromatic carbocycles. The Balaban J connectivity index is 1.77. The van der Waals surface area contributed by atoms with Crippen molar-refractivity contribution in [1.29, 1.82) is 5.26 Å². The van der Waals surface area contributed by atoms with E-state index >= 15 is 0 Å². The number of carbonyl (C=O) groups is 1. The average Bonchev–Trinajstić information content (AvgIpc) is 3.30. The van der Waals surface area contributed by atoms with Gasteiger partial charge < -0.3 is 20.1 Å². The average molecular weight is 462 g/mol. The number of rotatable bonds is 12. The molecule has 1 heterocycles. The maximum Gasteiger partial charge on any atom is 0.306 e. The molecule has 1 fully saturated rings. The van der Waals surface area contributed by atoms with Gasteiger partial charge in [0, 0.05) is 23.6 Å². The minimum atomic E-state index is -0.644. The lowest BCUT2D eigenvalue weighted by molar-refractivity contribution is -0.147. The third kappa shape index (κ3) is 8.87. The second kappa shape index (κ2) is 13.5. The molecular formula is C25H35NO5S. The fourth-order valence-corrected chi connectivity index (χ4v) is 4.80. The number of esters is 1. The highest BCUT2D eigenvalue weighted by Gasteiger charge is 2.39. The second-order valence-electron chi connectivity index (χ2n) is 8.62. The number of aliphatic hydroxyl groups is 3. The predicted molar refractivity (Wildman–Crippen MR) is 125 cm³/mol. The van der Waals surface area contributed by atoms with Gasteiger partial charge in [-0.1, -0.05) is 24.3 Å². The van der Waals surface area contributed by atoms with E-state index in [0.29, 0.717) is 43.4 Å². The van der Waals surface area contributed by atoms with Crippen molar-refractivity contribution < 1.29 is 24.9 Å². The normalized spacial score (nSPS) is 24.4. The van der Waals surface area contributed by atoms with Crippen LogP contribution in [0.15, 0.2) is 36.4 Å².